The van der Waals surface area contributed by atoms with Crippen molar-refractivity contribution in [3.8, 4) is 0 Å². The minimum Gasteiger partial charge on any atom is -0.480 e. The van der Waals surface area contributed by atoms with Crippen LogP contribution in [0.3, 0.4) is 0 Å². The zero-order valence-corrected chi connectivity index (χ0v) is 12.2. The monoisotopic (exact) mass is 379 g/mol. The number of carboxylic acid groups (broad SMARTS) is 1. The van der Waals surface area contributed by atoms with Gasteiger partial charge in [-0.25, -0.2) is 4.79 Å². The number of carbonyl (C=O) groups is 2. The Kier molecular flexibility index (Phi) is 4.11. The number of nitrogens with one attached hydrogen (secondary N) is 1. The number of amides is 1. The van der Waals surface area contributed by atoms with Gasteiger partial charge in [-0.05, 0) is 59.5 Å². The van der Waals surface area contributed by atoms with Crippen molar-refractivity contribution in [3.63, 3.8) is 0 Å². The van der Waals surface area contributed by atoms with E-state index in [0.29, 0.717) is 10.6 Å². The van der Waals surface area contributed by atoms with E-state index in [1.807, 2.05) is 0 Å². The molecular weight excluding hydrogens is 368 g/mol. The van der Waals surface area contributed by atoms with E-state index in [9.17, 15) is 9.59 Å². The smallest absolute Gasteiger partial charge is 0.326 e. The van der Waals surface area contributed by atoms with E-state index in [-0.39, 0.29) is 5.92 Å². The van der Waals surface area contributed by atoms with Crippen LogP contribution in [0.25, 0.3) is 0 Å². The average Bonchev–Trinajstić information content (AvgIpc) is 3.13. The van der Waals surface area contributed by atoms with Gasteiger partial charge in [0.1, 0.15) is 6.04 Å². The highest BCUT2D eigenvalue weighted by molar-refractivity contribution is 14.1. The van der Waals surface area contributed by atoms with Crippen molar-refractivity contribution in [2.45, 2.75) is 18.9 Å². The Morgan fingerprint density at radius 3 is 2.61 bits per heavy atom. The Labute approximate surface area is 123 Å². The summed E-state index contributed by atoms with van der Waals surface area (Å²) in [5.41, 5.74) is 0.382. The van der Waals surface area contributed by atoms with Crippen LogP contribution >= 0.6 is 34.2 Å². The first-order chi connectivity index (χ1) is 8.49. The summed E-state index contributed by atoms with van der Waals surface area (Å²) in [4.78, 5) is 22.9. The molecule has 2 rings (SSSR count). The van der Waals surface area contributed by atoms with Gasteiger partial charge in [-0.15, -0.1) is 0 Å². The topological polar surface area (TPSA) is 66.4 Å². The molecule has 1 aromatic rings. The quantitative estimate of drug-likeness (QED) is 0.790. The Bertz CT molecular complexity index is 502. The molecule has 0 heterocycles. The number of carboxylic acids is 1. The largest absolute Gasteiger partial charge is 0.480 e. The maximum absolute atomic E-state index is 11.9. The molecular formula is C12H11ClINO3. The van der Waals surface area contributed by atoms with Gasteiger partial charge in [0.15, 0.2) is 0 Å². The van der Waals surface area contributed by atoms with Gasteiger partial charge in [0.05, 0.1) is 5.02 Å². The fourth-order valence-corrected chi connectivity index (χ4v) is 2.19. The number of aliphatic carboxylic acids is 1. The standard InChI is InChI=1S/C12H11ClINO3/c13-8-5-7(3-4-9(8)14)11(16)15-10(12(17)18)6-1-2-6/h3-6,10H,1-2H2,(H,15,16)(H,17,18). The fourth-order valence-electron chi connectivity index (χ4n) is 1.67. The van der Waals surface area contributed by atoms with Gasteiger partial charge in [-0.3, -0.25) is 4.79 Å². The maximum Gasteiger partial charge on any atom is 0.326 e. The predicted molar refractivity (Wildman–Crippen MR) is 75.8 cm³/mol. The summed E-state index contributed by atoms with van der Waals surface area (Å²) in [5.74, 6) is -1.32. The Morgan fingerprint density at radius 2 is 2.11 bits per heavy atom. The first-order valence-electron chi connectivity index (χ1n) is 5.48. The summed E-state index contributed by atoms with van der Waals surface area (Å²) in [6, 6.07) is 4.11. The normalized spacial score (nSPS) is 16.1. The van der Waals surface area contributed by atoms with Gasteiger partial charge < -0.3 is 10.4 Å². The van der Waals surface area contributed by atoms with Crippen LogP contribution in [0.5, 0.6) is 0 Å². The van der Waals surface area contributed by atoms with Crippen molar-refractivity contribution < 1.29 is 14.7 Å². The molecule has 2 N–H and O–H groups in total. The van der Waals surface area contributed by atoms with Crippen LogP contribution in [0.4, 0.5) is 0 Å². The number of hydrogen-bond donors (Lipinski definition) is 2. The van der Waals surface area contributed by atoms with Crippen LogP contribution in [-0.4, -0.2) is 23.0 Å². The molecule has 1 unspecified atom stereocenters. The van der Waals surface area contributed by atoms with Crippen molar-refractivity contribution >= 4 is 46.1 Å². The third kappa shape index (κ3) is 3.14. The Morgan fingerprint density at radius 1 is 1.44 bits per heavy atom. The van der Waals surface area contributed by atoms with Gasteiger partial charge >= 0.3 is 5.97 Å². The summed E-state index contributed by atoms with van der Waals surface area (Å²) in [6.07, 6.45) is 1.70. The number of benzene rings is 1. The number of halogens is 2. The lowest BCUT2D eigenvalue weighted by Gasteiger charge is -2.13. The highest BCUT2D eigenvalue weighted by Crippen LogP contribution is 2.33. The van der Waals surface area contributed by atoms with Gasteiger partial charge in [-0.2, -0.15) is 0 Å². The van der Waals surface area contributed by atoms with E-state index in [2.05, 4.69) is 27.9 Å². The maximum atomic E-state index is 11.9. The molecule has 18 heavy (non-hydrogen) atoms. The van der Waals surface area contributed by atoms with E-state index in [0.717, 1.165) is 16.4 Å². The third-order valence-corrected chi connectivity index (χ3v) is 4.40. The third-order valence-electron chi connectivity index (χ3n) is 2.83. The lowest BCUT2D eigenvalue weighted by atomic mass is 10.1. The predicted octanol–water partition coefficient (Wildman–Crippen LogP) is 2.54. The van der Waals surface area contributed by atoms with Crippen LogP contribution in [0.15, 0.2) is 18.2 Å². The molecule has 1 fully saturated rings. The first kappa shape index (κ1) is 13.6. The number of rotatable bonds is 4. The van der Waals surface area contributed by atoms with Crippen molar-refractivity contribution in [2.24, 2.45) is 5.92 Å². The highest BCUT2D eigenvalue weighted by Gasteiger charge is 2.37. The number of hydrogen-bond acceptors (Lipinski definition) is 2. The van der Waals surface area contributed by atoms with E-state index in [4.69, 9.17) is 16.7 Å². The van der Waals surface area contributed by atoms with Gasteiger partial charge in [0.25, 0.3) is 5.91 Å². The Hall–Kier alpha value is -0.820. The highest BCUT2D eigenvalue weighted by atomic mass is 127. The van der Waals surface area contributed by atoms with Crippen molar-refractivity contribution in [2.75, 3.05) is 0 Å². The molecule has 0 aliphatic heterocycles. The molecule has 1 aromatic carbocycles. The fraction of sp³-hybridized carbons (Fsp3) is 0.333. The molecule has 0 aromatic heterocycles. The van der Waals surface area contributed by atoms with Crippen LogP contribution in [0.1, 0.15) is 23.2 Å². The van der Waals surface area contributed by atoms with Crippen LogP contribution in [0, 0.1) is 9.49 Å². The van der Waals surface area contributed by atoms with Crippen molar-refractivity contribution in [3.05, 3.63) is 32.4 Å². The van der Waals surface area contributed by atoms with E-state index < -0.39 is 17.9 Å². The van der Waals surface area contributed by atoms with Crippen molar-refractivity contribution in [1.29, 1.82) is 0 Å². The van der Waals surface area contributed by atoms with E-state index >= 15 is 0 Å². The molecule has 1 atom stereocenters. The molecule has 1 aliphatic rings. The van der Waals surface area contributed by atoms with Crippen molar-refractivity contribution in [1.82, 2.24) is 5.32 Å². The molecule has 1 aliphatic carbocycles. The summed E-state index contributed by atoms with van der Waals surface area (Å²) < 4.78 is 0.850. The van der Waals surface area contributed by atoms with Crippen LogP contribution in [0.2, 0.25) is 5.02 Å². The van der Waals surface area contributed by atoms with Gasteiger partial charge in [-0.1, -0.05) is 11.6 Å². The lowest BCUT2D eigenvalue weighted by molar-refractivity contribution is -0.139. The summed E-state index contributed by atoms with van der Waals surface area (Å²) in [5, 5.41) is 12.1. The van der Waals surface area contributed by atoms with Crippen LogP contribution < -0.4 is 5.32 Å². The summed E-state index contributed by atoms with van der Waals surface area (Å²) in [7, 11) is 0. The van der Waals surface area contributed by atoms with E-state index in [1.165, 1.54) is 0 Å². The molecule has 1 amide bonds. The summed E-state index contributed by atoms with van der Waals surface area (Å²) >= 11 is 7.99. The molecule has 0 spiro atoms. The zero-order chi connectivity index (χ0) is 13.3. The van der Waals surface area contributed by atoms with Gasteiger partial charge in [0, 0.05) is 9.13 Å². The molecule has 6 heteroatoms. The SMILES string of the molecule is O=C(NC(C(=O)O)C1CC1)c1ccc(I)c(Cl)c1. The Balaban J connectivity index is 2.10. The zero-order valence-electron chi connectivity index (χ0n) is 9.32. The molecule has 96 valence electrons. The molecule has 4 nitrogen and oxygen atoms in total. The average molecular weight is 380 g/mol. The molecule has 0 saturated heterocycles. The molecule has 0 radical (unpaired) electrons. The second kappa shape index (κ2) is 5.44. The molecule has 1 saturated carbocycles. The second-order valence-corrected chi connectivity index (χ2v) is 5.83. The second-order valence-electron chi connectivity index (χ2n) is 4.26. The summed E-state index contributed by atoms with van der Waals surface area (Å²) in [6.45, 7) is 0. The molecule has 0 bridgehead atoms. The number of carbonyl (C=O) groups excluding carboxylic acids is 1. The lowest BCUT2D eigenvalue weighted by Crippen LogP contribution is -2.42. The van der Waals surface area contributed by atoms with Gasteiger partial charge in [0.2, 0.25) is 0 Å². The minimum absolute atomic E-state index is 0.0609. The van der Waals surface area contributed by atoms with E-state index in [1.54, 1.807) is 18.2 Å². The first-order valence-corrected chi connectivity index (χ1v) is 6.93. The van der Waals surface area contributed by atoms with Crippen LogP contribution in [-0.2, 0) is 4.79 Å². The minimum atomic E-state index is -0.984.